The molecular formula is C26H40N2O. The van der Waals surface area contributed by atoms with Gasteiger partial charge in [0.1, 0.15) is 0 Å². The monoisotopic (exact) mass is 396 g/mol. The largest absolute Gasteiger partial charge is 0.325 e. The molecular weight excluding hydrogens is 356 g/mol. The molecule has 1 aromatic carbocycles. The number of aliphatic imine (C=N–C) groups is 1. The number of H-pyrrole nitrogens is 1. The fraction of sp³-hybridized carbons (Fsp3) is 0.538. The Balaban J connectivity index is 0.000000345. The van der Waals surface area contributed by atoms with Gasteiger partial charge in [-0.25, -0.2) is 0 Å². The van der Waals surface area contributed by atoms with E-state index in [0.717, 1.165) is 31.5 Å². The van der Waals surface area contributed by atoms with Crippen molar-refractivity contribution in [1.29, 1.82) is 0 Å². The van der Waals surface area contributed by atoms with Gasteiger partial charge in [-0.3, -0.25) is 9.79 Å². The molecule has 1 fully saturated rings. The van der Waals surface area contributed by atoms with Crippen LogP contribution in [0.5, 0.6) is 0 Å². The second-order valence-electron chi connectivity index (χ2n) is 7.69. The summed E-state index contributed by atoms with van der Waals surface area (Å²) < 4.78 is 0. The smallest absolute Gasteiger partial charge is 0.248 e. The Morgan fingerprint density at radius 3 is 1.86 bits per heavy atom. The number of nitrogens with zero attached hydrogens (tertiary/aromatic N) is 1. The lowest BCUT2D eigenvalue weighted by Gasteiger charge is -2.37. The molecule has 3 heteroatoms. The molecule has 0 amide bonds. The van der Waals surface area contributed by atoms with E-state index in [2.05, 4.69) is 38.7 Å². The molecule has 160 valence electrons. The fourth-order valence-corrected chi connectivity index (χ4v) is 3.52. The van der Waals surface area contributed by atoms with Gasteiger partial charge in [0.2, 0.25) is 5.56 Å². The van der Waals surface area contributed by atoms with Crippen LogP contribution in [0.15, 0.2) is 64.4 Å². The van der Waals surface area contributed by atoms with Gasteiger partial charge in [-0.2, -0.15) is 0 Å². The predicted molar refractivity (Wildman–Crippen MR) is 127 cm³/mol. The maximum atomic E-state index is 11.6. The highest BCUT2D eigenvalue weighted by Gasteiger charge is 2.37. The second-order valence-corrected chi connectivity index (χ2v) is 7.69. The molecule has 0 spiro atoms. The molecule has 1 saturated carbocycles. The van der Waals surface area contributed by atoms with Gasteiger partial charge < -0.3 is 4.98 Å². The summed E-state index contributed by atoms with van der Waals surface area (Å²) >= 11 is 0. The lowest BCUT2D eigenvalue weighted by Crippen LogP contribution is -2.38. The number of benzene rings is 1. The molecule has 0 bridgehead atoms. The fourth-order valence-electron chi connectivity index (χ4n) is 3.52. The summed E-state index contributed by atoms with van der Waals surface area (Å²) in [6, 6.07) is 17.5. The number of unbranched alkanes of at least 4 members (excludes halogenated alkanes) is 1. The highest BCUT2D eigenvalue weighted by atomic mass is 16.1. The SMILES string of the molecule is CCCC.CCCN=C(C)C1(c2cccc(=O)[nH]2)CCCCC1.c1ccccc1. The molecule has 1 aromatic heterocycles. The van der Waals surface area contributed by atoms with Gasteiger partial charge in [0.05, 0.1) is 0 Å². The van der Waals surface area contributed by atoms with Crippen LogP contribution in [-0.4, -0.2) is 17.2 Å². The van der Waals surface area contributed by atoms with Crippen molar-refractivity contribution in [3.05, 3.63) is 70.6 Å². The van der Waals surface area contributed by atoms with Gasteiger partial charge in [0.15, 0.2) is 0 Å². The molecule has 1 N–H and O–H groups in total. The molecule has 0 unspecified atom stereocenters. The second kappa shape index (κ2) is 14.8. The standard InChI is InChI=1S/C16H24N2O.C6H6.C4H10/c1-3-12-17-13(2)16(10-5-4-6-11-16)14-8-7-9-15(19)18-14;1-2-4-6-5-3-1;1-3-4-2/h7-9H,3-6,10-12H2,1-2H3,(H,18,19);1-6H;3-4H2,1-2H3. The van der Waals surface area contributed by atoms with Crippen LogP contribution in [0, 0.1) is 0 Å². The number of hydrogen-bond acceptors (Lipinski definition) is 2. The zero-order chi connectivity index (χ0) is 21.4. The number of aromatic amines is 1. The maximum absolute atomic E-state index is 11.6. The van der Waals surface area contributed by atoms with Crippen LogP contribution in [-0.2, 0) is 5.41 Å². The summed E-state index contributed by atoms with van der Waals surface area (Å²) in [4.78, 5) is 19.4. The minimum Gasteiger partial charge on any atom is -0.325 e. The molecule has 29 heavy (non-hydrogen) atoms. The van der Waals surface area contributed by atoms with E-state index >= 15 is 0 Å². The summed E-state index contributed by atoms with van der Waals surface area (Å²) in [5, 5.41) is 0. The zero-order valence-electron chi connectivity index (χ0n) is 18.9. The van der Waals surface area contributed by atoms with Crippen molar-refractivity contribution in [2.24, 2.45) is 4.99 Å². The first-order chi connectivity index (χ1) is 14.1. The lowest BCUT2D eigenvalue weighted by molar-refractivity contribution is 0.370. The van der Waals surface area contributed by atoms with Gasteiger partial charge in [0.25, 0.3) is 0 Å². The van der Waals surface area contributed by atoms with E-state index < -0.39 is 0 Å². The molecule has 3 rings (SSSR count). The molecule has 1 aliphatic carbocycles. The molecule has 1 aliphatic rings. The Labute approximate surface area is 177 Å². The van der Waals surface area contributed by atoms with Crippen LogP contribution in [0.2, 0.25) is 0 Å². The quantitative estimate of drug-likeness (QED) is 0.547. The third-order valence-electron chi connectivity index (χ3n) is 5.42. The van der Waals surface area contributed by atoms with Crippen LogP contribution in [0.25, 0.3) is 0 Å². The molecule has 0 atom stereocenters. The van der Waals surface area contributed by atoms with Crippen molar-refractivity contribution >= 4 is 5.71 Å². The third kappa shape index (κ3) is 8.81. The van der Waals surface area contributed by atoms with Crippen LogP contribution >= 0.6 is 0 Å². The van der Waals surface area contributed by atoms with E-state index in [1.54, 1.807) is 6.07 Å². The topological polar surface area (TPSA) is 45.2 Å². The van der Waals surface area contributed by atoms with E-state index in [9.17, 15) is 4.79 Å². The van der Waals surface area contributed by atoms with E-state index in [1.165, 1.54) is 37.8 Å². The van der Waals surface area contributed by atoms with E-state index in [1.807, 2.05) is 42.5 Å². The minimum absolute atomic E-state index is 0.00857. The van der Waals surface area contributed by atoms with Crippen molar-refractivity contribution in [1.82, 2.24) is 4.98 Å². The Morgan fingerprint density at radius 2 is 1.41 bits per heavy atom. The summed E-state index contributed by atoms with van der Waals surface area (Å²) in [6.45, 7) is 9.52. The Kier molecular flexibility index (Phi) is 12.7. The number of rotatable bonds is 5. The normalized spacial score (nSPS) is 15.4. The van der Waals surface area contributed by atoms with Gasteiger partial charge in [-0.15, -0.1) is 0 Å². The van der Waals surface area contributed by atoms with E-state index in [4.69, 9.17) is 4.99 Å². The van der Waals surface area contributed by atoms with Gasteiger partial charge >= 0.3 is 0 Å². The molecule has 3 nitrogen and oxygen atoms in total. The Hall–Kier alpha value is -2.16. The Bertz CT molecular complexity index is 699. The number of hydrogen-bond donors (Lipinski definition) is 1. The third-order valence-corrected chi connectivity index (χ3v) is 5.42. The van der Waals surface area contributed by atoms with Crippen LogP contribution < -0.4 is 5.56 Å². The highest BCUT2D eigenvalue weighted by Crippen LogP contribution is 2.39. The Morgan fingerprint density at radius 1 is 0.862 bits per heavy atom. The molecule has 2 aromatic rings. The first kappa shape index (κ1) is 24.9. The van der Waals surface area contributed by atoms with Crippen molar-refractivity contribution < 1.29 is 0 Å². The van der Waals surface area contributed by atoms with Crippen molar-refractivity contribution in [3.63, 3.8) is 0 Å². The summed E-state index contributed by atoms with van der Waals surface area (Å²) in [7, 11) is 0. The van der Waals surface area contributed by atoms with Gasteiger partial charge in [0, 0.05) is 29.4 Å². The van der Waals surface area contributed by atoms with Gasteiger partial charge in [-0.1, -0.05) is 95.3 Å². The maximum Gasteiger partial charge on any atom is 0.248 e. The summed E-state index contributed by atoms with van der Waals surface area (Å²) in [5.74, 6) is 0. The summed E-state index contributed by atoms with van der Waals surface area (Å²) in [5.41, 5.74) is 2.20. The van der Waals surface area contributed by atoms with Crippen molar-refractivity contribution in [2.45, 2.75) is 84.5 Å². The van der Waals surface area contributed by atoms with Gasteiger partial charge in [-0.05, 0) is 32.3 Å². The predicted octanol–water partition coefficient (Wildman–Crippen LogP) is 6.94. The van der Waals surface area contributed by atoms with Crippen molar-refractivity contribution in [3.8, 4) is 0 Å². The molecule has 0 radical (unpaired) electrons. The van der Waals surface area contributed by atoms with Crippen molar-refractivity contribution in [2.75, 3.05) is 6.54 Å². The average Bonchev–Trinajstić information content (AvgIpc) is 2.79. The van der Waals surface area contributed by atoms with Crippen LogP contribution in [0.1, 0.15) is 84.8 Å². The van der Waals surface area contributed by atoms with E-state index in [0.29, 0.717) is 0 Å². The van der Waals surface area contributed by atoms with Crippen LogP contribution in [0.3, 0.4) is 0 Å². The molecule has 0 aliphatic heterocycles. The molecule has 1 heterocycles. The zero-order valence-corrected chi connectivity index (χ0v) is 18.9. The lowest BCUT2D eigenvalue weighted by atomic mass is 9.68. The van der Waals surface area contributed by atoms with Crippen LogP contribution in [0.4, 0.5) is 0 Å². The number of aromatic nitrogens is 1. The number of pyridine rings is 1. The minimum atomic E-state index is -0.0339. The van der Waals surface area contributed by atoms with E-state index in [-0.39, 0.29) is 11.0 Å². The first-order valence-electron chi connectivity index (χ1n) is 11.3. The first-order valence-corrected chi connectivity index (χ1v) is 11.3. The molecule has 0 saturated heterocycles. The average molecular weight is 397 g/mol. The number of nitrogens with one attached hydrogen (secondary N) is 1. The highest BCUT2D eigenvalue weighted by molar-refractivity contribution is 5.92. The summed E-state index contributed by atoms with van der Waals surface area (Å²) in [6.07, 6.45) is 9.64.